The van der Waals surface area contributed by atoms with Crippen LogP contribution in [0.15, 0.2) is 42.5 Å². The maximum Gasteiger partial charge on any atom is 0.224 e. The van der Waals surface area contributed by atoms with Crippen molar-refractivity contribution in [3.05, 3.63) is 59.2 Å². The Hall–Kier alpha value is -2.53. The minimum absolute atomic E-state index is 0.0280. The van der Waals surface area contributed by atoms with Crippen LogP contribution in [-0.4, -0.2) is 44.2 Å². The van der Waals surface area contributed by atoms with E-state index in [0.717, 1.165) is 25.1 Å². The molecule has 0 saturated carbocycles. The number of amides is 1. The lowest BCUT2D eigenvalue weighted by molar-refractivity contribution is -0.120. The molecule has 0 saturated heterocycles. The molecule has 5 heteroatoms. The second-order valence-corrected chi connectivity index (χ2v) is 7.97. The summed E-state index contributed by atoms with van der Waals surface area (Å²) < 4.78 is 10.6. The summed E-state index contributed by atoms with van der Waals surface area (Å²) in [6.07, 6.45) is 1.40. The zero-order chi connectivity index (χ0) is 20.8. The summed E-state index contributed by atoms with van der Waals surface area (Å²) in [5.41, 5.74) is 3.76. The van der Waals surface area contributed by atoms with E-state index in [0.29, 0.717) is 36.4 Å². The fraction of sp³-hybridized carbons (Fsp3) is 0.458. The standard InChI is InChI=1S/C24H32N2O3/c1-17(2)21(26-12-11-19-7-5-6-8-20(19)16-26)15-25-24(27)14-18-9-10-22(28-3)23(13-18)29-4/h5-10,13,17,21H,11-12,14-16H2,1-4H3,(H,25,27)/t21-/m1/s1. The summed E-state index contributed by atoms with van der Waals surface area (Å²) >= 11 is 0. The van der Waals surface area contributed by atoms with Gasteiger partial charge in [-0.15, -0.1) is 0 Å². The van der Waals surface area contributed by atoms with E-state index in [2.05, 4.69) is 48.3 Å². The minimum atomic E-state index is 0.0280. The van der Waals surface area contributed by atoms with Crippen LogP contribution in [0.4, 0.5) is 0 Å². The lowest BCUT2D eigenvalue weighted by Crippen LogP contribution is -2.48. The number of nitrogens with one attached hydrogen (secondary N) is 1. The molecule has 1 N–H and O–H groups in total. The molecule has 0 fully saturated rings. The van der Waals surface area contributed by atoms with Crippen LogP contribution in [0, 0.1) is 5.92 Å². The smallest absolute Gasteiger partial charge is 0.224 e. The van der Waals surface area contributed by atoms with Gasteiger partial charge in [-0.25, -0.2) is 0 Å². The Morgan fingerprint density at radius 2 is 1.79 bits per heavy atom. The van der Waals surface area contributed by atoms with E-state index in [9.17, 15) is 4.79 Å². The maximum atomic E-state index is 12.6. The van der Waals surface area contributed by atoms with Crippen LogP contribution in [0.5, 0.6) is 11.5 Å². The van der Waals surface area contributed by atoms with E-state index in [1.165, 1.54) is 11.1 Å². The van der Waals surface area contributed by atoms with Gasteiger partial charge in [-0.1, -0.05) is 44.2 Å². The van der Waals surface area contributed by atoms with Crippen LogP contribution >= 0.6 is 0 Å². The van der Waals surface area contributed by atoms with Crippen molar-refractivity contribution in [2.75, 3.05) is 27.3 Å². The van der Waals surface area contributed by atoms with Gasteiger partial charge in [0.25, 0.3) is 0 Å². The highest BCUT2D eigenvalue weighted by Gasteiger charge is 2.26. The third-order valence-electron chi connectivity index (χ3n) is 5.72. The molecule has 0 bridgehead atoms. The van der Waals surface area contributed by atoms with E-state index < -0.39 is 0 Å². The van der Waals surface area contributed by atoms with Gasteiger partial charge in [0.1, 0.15) is 0 Å². The summed E-state index contributed by atoms with van der Waals surface area (Å²) in [6.45, 7) is 7.10. The van der Waals surface area contributed by atoms with Gasteiger partial charge in [-0.2, -0.15) is 0 Å². The Kier molecular flexibility index (Phi) is 7.15. The molecule has 1 aliphatic rings. The highest BCUT2D eigenvalue weighted by molar-refractivity contribution is 5.78. The van der Waals surface area contributed by atoms with Crippen LogP contribution in [0.3, 0.4) is 0 Å². The second-order valence-electron chi connectivity index (χ2n) is 7.97. The summed E-state index contributed by atoms with van der Waals surface area (Å²) in [5.74, 6) is 1.80. The summed E-state index contributed by atoms with van der Waals surface area (Å²) in [7, 11) is 3.21. The van der Waals surface area contributed by atoms with Gasteiger partial charge >= 0.3 is 0 Å². The quantitative estimate of drug-likeness (QED) is 0.743. The fourth-order valence-corrected chi connectivity index (χ4v) is 4.04. The van der Waals surface area contributed by atoms with Crippen LogP contribution < -0.4 is 14.8 Å². The van der Waals surface area contributed by atoms with E-state index in [4.69, 9.17) is 9.47 Å². The number of ether oxygens (including phenoxy) is 2. The van der Waals surface area contributed by atoms with E-state index in [1.54, 1.807) is 14.2 Å². The summed E-state index contributed by atoms with van der Waals surface area (Å²) in [6, 6.07) is 14.6. The van der Waals surface area contributed by atoms with Crippen LogP contribution in [-0.2, 0) is 24.2 Å². The maximum absolute atomic E-state index is 12.6. The molecule has 2 aromatic rings. The molecule has 2 aromatic carbocycles. The number of methoxy groups -OCH3 is 2. The summed E-state index contributed by atoms with van der Waals surface area (Å²) in [4.78, 5) is 15.1. The lowest BCUT2D eigenvalue weighted by Gasteiger charge is -2.38. The molecule has 1 aliphatic heterocycles. The van der Waals surface area contributed by atoms with Crippen molar-refractivity contribution in [1.29, 1.82) is 0 Å². The molecule has 0 unspecified atom stereocenters. The number of rotatable bonds is 8. The Labute approximate surface area is 174 Å². The van der Waals surface area contributed by atoms with Crippen molar-refractivity contribution in [3.63, 3.8) is 0 Å². The van der Waals surface area contributed by atoms with E-state index in [1.807, 2.05) is 18.2 Å². The Morgan fingerprint density at radius 3 is 2.48 bits per heavy atom. The number of fused-ring (bicyclic) bond motifs is 1. The van der Waals surface area contributed by atoms with Crippen LogP contribution in [0.1, 0.15) is 30.5 Å². The van der Waals surface area contributed by atoms with E-state index >= 15 is 0 Å². The Balaban J connectivity index is 1.59. The van der Waals surface area contributed by atoms with Crippen molar-refractivity contribution in [2.45, 2.75) is 39.3 Å². The van der Waals surface area contributed by atoms with Gasteiger partial charge in [0.2, 0.25) is 5.91 Å². The average Bonchev–Trinajstić information content (AvgIpc) is 2.73. The topological polar surface area (TPSA) is 50.8 Å². The number of hydrogen-bond donors (Lipinski definition) is 1. The molecular formula is C24H32N2O3. The third-order valence-corrected chi connectivity index (χ3v) is 5.72. The molecule has 29 heavy (non-hydrogen) atoms. The van der Waals surface area contributed by atoms with Crippen molar-refractivity contribution < 1.29 is 14.3 Å². The second kappa shape index (κ2) is 9.79. The van der Waals surface area contributed by atoms with Crippen molar-refractivity contribution in [2.24, 2.45) is 5.92 Å². The molecule has 0 spiro atoms. The predicted molar refractivity (Wildman–Crippen MR) is 115 cm³/mol. The molecule has 1 heterocycles. The first-order chi connectivity index (χ1) is 14.0. The number of carbonyl (C=O) groups is 1. The molecule has 1 atom stereocenters. The molecule has 0 aliphatic carbocycles. The van der Waals surface area contributed by atoms with Crippen LogP contribution in [0.2, 0.25) is 0 Å². The van der Waals surface area contributed by atoms with Gasteiger partial charge in [0.15, 0.2) is 11.5 Å². The fourth-order valence-electron chi connectivity index (χ4n) is 4.04. The zero-order valence-corrected chi connectivity index (χ0v) is 17.9. The first kappa shape index (κ1) is 21.2. The molecular weight excluding hydrogens is 364 g/mol. The molecule has 5 nitrogen and oxygen atoms in total. The monoisotopic (exact) mass is 396 g/mol. The largest absolute Gasteiger partial charge is 0.493 e. The van der Waals surface area contributed by atoms with Crippen molar-refractivity contribution in [3.8, 4) is 11.5 Å². The van der Waals surface area contributed by atoms with Gasteiger partial charge in [-0.3, -0.25) is 9.69 Å². The predicted octanol–water partition coefficient (Wildman–Crippen LogP) is 3.45. The molecule has 156 valence electrons. The minimum Gasteiger partial charge on any atom is -0.493 e. The SMILES string of the molecule is COc1ccc(CC(=O)NC[C@H](C(C)C)N2CCc3ccccc3C2)cc1OC. The van der Waals surface area contributed by atoms with Crippen molar-refractivity contribution >= 4 is 5.91 Å². The first-order valence-corrected chi connectivity index (χ1v) is 10.3. The number of benzene rings is 2. The summed E-state index contributed by atoms with van der Waals surface area (Å²) in [5, 5.41) is 3.15. The molecule has 0 aromatic heterocycles. The highest BCUT2D eigenvalue weighted by atomic mass is 16.5. The van der Waals surface area contributed by atoms with Gasteiger partial charge in [0.05, 0.1) is 20.6 Å². The Bertz CT molecular complexity index is 835. The molecule has 0 radical (unpaired) electrons. The first-order valence-electron chi connectivity index (χ1n) is 10.3. The van der Waals surface area contributed by atoms with E-state index in [-0.39, 0.29) is 5.91 Å². The van der Waals surface area contributed by atoms with Gasteiger partial charge in [0, 0.05) is 25.7 Å². The van der Waals surface area contributed by atoms with Crippen LogP contribution in [0.25, 0.3) is 0 Å². The highest BCUT2D eigenvalue weighted by Crippen LogP contribution is 2.27. The van der Waals surface area contributed by atoms with Crippen molar-refractivity contribution in [1.82, 2.24) is 10.2 Å². The lowest BCUT2D eigenvalue weighted by atomic mass is 9.95. The van der Waals surface area contributed by atoms with Gasteiger partial charge in [-0.05, 0) is 41.2 Å². The third kappa shape index (κ3) is 5.30. The Morgan fingerprint density at radius 1 is 1.07 bits per heavy atom. The average molecular weight is 397 g/mol. The molecule has 1 amide bonds. The number of carbonyl (C=O) groups excluding carboxylic acids is 1. The van der Waals surface area contributed by atoms with Gasteiger partial charge < -0.3 is 14.8 Å². The number of hydrogen-bond acceptors (Lipinski definition) is 4. The normalized spacial score (nSPS) is 14.9. The zero-order valence-electron chi connectivity index (χ0n) is 17.9. The molecule has 3 rings (SSSR count). The number of nitrogens with zero attached hydrogens (tertiary/aromatic N) is 1.